The summed E-state index contributed by atoms with van der Waals surface area (Å²) in [5, 5.41) is 4.03. The Kier molecular flexibility index (Phi) is 4.35. The third-order valence-electron chi connectivity index (χ3n) is 3.19. The van der Waals surface area contributed by atoms with Gasteiger partial charge in [-0.15, -0.1) is 0 Å². The van der Waals surface area contributed by atoms with Gasteiger partial charge in [-0.1, -0.05) is 13.0 Å². The number of hydrogen-bond acceptors (Lipinski definition) is 3. The van der Waals surface area contributed by atoms with E-state index in [2.05, 4.69) is 5.10 Å². The van der Waals surface area contributed by atoms with Gasteiger partial charge < -0.3 is 4.74 Å². The smallest absolute Gasteiger partial charge is 0.220 e. The largest absolute Gasteiger partial charge is 0.493 e. The van der Waals surface area contributed by atoms with Crippen LogP contribution < -0.4 is 4.74 Å². The molecule has 0 radical (unpaired) electrons. The third kappa shape index (κ3) is 2.66. The van der Waals surface area contributed by atoms with Crippen molar-refractivity contribution in [3.05, 3.63) is 46.8 Å². The normalized spacial score (nSPS) is 10.7. The van der Waals surface area contributed by atoms with Crippen LogP contribution in [0, 0.1) is 18.6 Å². The van der Waals surface area contributed by atoms with E-state index in [0.717, 1.165) is 12.5 Å². The number of rotatable bonds is 5. The summed E-state index contributed by atoms with van der Waals surface area (Å²) in [6.45, 7) is 3.85. The van der Waals surface area contributed by atoms with Gasteiger partial charge >= 0.3 is 0 Å². The van der Waals surface area contributed by atoms with Crippen LogP contribution in [0.2, 0.25) is 0 Å². The molecule has 0 unspecified atom stereocenters. The third-order valence-corrected chi connectivity index (χ3v) is 3.19. The number of carbonyl (C=O) groups is 1. The summed E-state index contributed by atoms with van der Waals surface area (Å²) < 4.78 is 34.5. The van der Waals surface area contributed by atoms with Gasteiger partial charge in [0.05, 0.1) is 18.9 Å². The number of aromatic nitrogens is 2. The summed E-state index contributed by atoms with van der Waals surface area (Å²) in [5.74, 6) is -2.31. The Hall–Kier alpha value is -2.24. The lowest BCUT2D eigenvalue weighted by molar-refractivity contribution is 0.101. The zero-order valence-electron chi connectivity index (χ0n) is 12.1. The van der Waals surface area contributed by atoms with Crippen LogP contribution >= 0.6 is 0 Å². The van der Waals surface area contributed by atoms with Crippen LogP contribution in [-0.4, -0.2) is 22.7 Å². The number of nitrogens with zero attached hydrogens (tertiary/aromatic N) is 2. The summed E-state index contributed by atoms with van der Waals surface area (Å²) in [4.78, 5) is 12.6. The molecule has 1 aromatic heterocycles. The first-order valence-electron chi connectivity index (χ1n) is 6.60. The van der Waals surface area contributed by atoms with Gasteiger partial charge in [-0.2, -0.15) is 5.10 Å². The van der Waals surface area contributed by atoms with Crippen molar-refractivity contribution in [1.82, 2.24) is 9.78 Å². The number of ether oxygens (including phenoxy) is 1. The van der Waals surface area contributed by atoms with Gasteiger partial charge in [0.15, 0.2) is 11.4 Å². The maximum Gasteiger partial charge on any atom is 0.220 e. The van der Waals surface area contributed by atoms with Crippen molar-refractivity contribution in [3.8, 4) is 5.75 Å². The van der Waals surface area contributed by atoms with E-state index in [1.807, 2.05) is 6.92 Å². The van der Waals surface area contributed by atoms with Crippen LogP contribution in [-0.2, 0) is 6.54 Å². The minimum absolute atomic E-state index is 0.0581. The molecule has 0 fully saturated rings. The molecule has 0 aliphatic heterocycles. The number of methoxy groups -OCH3 is 1. The SMILES string of the molecule is CCCn1ncc(OC)c1C(=O)c1c(F)ccc(C)c1F. The molecule has 0 aliphatic rings. The van der Waals surface area contributed by atoms with Gasteiger partial charge in [-0.3, -0.25) is 9.48 Å². The molecule has 0 amide bonds. The van der Waals surface area contributed by atoms with E-state index in [-0.39, 0.29) is 17.0 Å². The highest BCUT2D eigenvalue weighted by Gasteiger charge is 2.27. The van der Waals surface area contributed by atoms with E-state index in [9.17, 15) is 13.6 Å². The molecule has 2 aromatic rings. The number of ketones is 1. The molecule has 21 heavy (non-hydrogen) atoms. The maximum absolute atomic E-state index is 14.1. The molecule has 4 nitrogen and oxygen atoms in total. The molecule has 0 spiro atoms. The van der Waals surface area contributed by atoms with Crippen LogP contribution in [0.15, 0.2) is 18.3 Å². The van der Waals surface area contributed by atoms with E-state index in [1.165, 1.54) is 31.0 Å². The number of aryl methyl sites for hydroxylation is 2. The first-order valence-corrected chi connectivity index (χ1v) is 6.60. The summed E-state index contributed by atoms with van der Waals surface area (Å²) >= 11 is 0. The van der Waals surface area contributed by atoms with E-state index in [4.69, 9.17) is 4.74 Å². The Bertz CT molecular complexity index is 681. The molecule has 6 heteroatoms. The number of carbonyl (C=O) groups excluding carboxylic acids is 1. The molecule has 0 N–H and O–H groups in total. The Morgan fingerprint density at radius 1 is 1.38 bits per heavy atom. The van der Waals surface area contributed by atoms with Crippen molar-refractivity contribution in [2.75, 3.05) is 7.11 Å². The summed E-state index contributed by atoms with van der Waals surface area (Å²) in [6, 6.07) is 2.38. The van der Waals surface area contributed by atoms with Gasteiger partial charge in [-0.25, -0.2) is 8.78 Å². The van der Waals surface area contributed by atoms with Crippen LogP contribution in [0.3, 0.4) is 0 Å². The van der Waals surface area contributed by atoms with E-state index >= 15 is 0 Å². The molecule has 0 saturated carbocycles. The first kappa shape index (κ1) is 15.2. The molecule has 1 heterocycles. The molecule has 0 aliphatic carbocycles. The molecule has 112 valence electrons. The molecule has 0 atom stereocenters. The molecule has 0 bridgehead atoms. The fourth-order valence-corrected chi connectivity index (χ4v) is 2.11. The average Bonchev–Trinajstić information content (AvgIpc) is 2.86. The van der Waals surface area contributed by atoms with Gasteiger partial charge in [-0.05, 0) is 25.0 Å². The second-order valence-electron chi connectivity index (χ2n) is 4.67. The molecular weight excluding hydrogens is 278 g/mol. The standard InChI is InChI=1S/C15H16F2N2O2/c1-4-7-19-14(11(21-3)8-18-19)15(20)12-10(16)6-5-9(2)13(12)17/h5-6,8H,4,7H2,1-3H3. The Labute approximate surface area is 121 Å². The molecular formula is C15H16F2N2O2. The molecule has 1 aromatic carbocycles. The molecule has 2 rings (SSSR count). The lowest BCUT2D eigenvalue weighted by Crippen LogP contribution is -2.16. The van der Waals surface area contributed by atoms with Crippen molar-refractivity contribution < 1.29 is 18.3 Å². The predicted octanol–water partition coefficient (Wildman–Crippen LogP) is 3.12. The quantitative estimate of drug-likeness (QED) is 0.796. The molecule has 0 saturated heterocycles. The van der Waals surface area contributed by atoms with Crippen molar-refractivity contribution in [2.24, 2.45) is 0 Å². The lowest BCUT2D eigenvalue weighted by atomic mass is 10.0. The highest BCUT2D eigenvalue weighted by Crippen LogP contribution is 2.25. The average molecular weight is 294 g/mol. The van der Waals surface area contributed by atoms with Crippen molar-refractivity contribution in [2.45, 2.75) is 26.8 Å². The van der Waals surface area contributed by atoms with Crippen molar-refractivity contribution >= 4 is 5.78 Å². The fraction of sp³-hybridized carbons (Fsp3) is 0.333. The summed E-state index contributed by atoms with van der Waals surface area (Å²) in [5.41, 5.74) is -0.311. The summed E-state index contributed by atoms with van der Waals surface area (Å²) in [7, 11) is 1.38. The first-order chi connectivity index (χ1) is 10.0. The van der Waals surface area contributed by atoms with Crippen molar-refractivity contribution in [1.29, 1.82) is 0 Å². The Balaban J connectivity index is 2.60. The Morgan fingerprint density at radius 2 is 2.10 bits per heavy atom. The fourth-order valence-electron chi connectivity index (χ4n) is 2.11. The van der Waals surface area contributed by atoms with Crippen LogP contribution in [0.1, 0.15) is 35.0 Å². The van der Waals surface area contributed by atoms with Gasteiger partial charge in [0, 0.05) is 6.54 Å². The van der Waals surface area contributed by atoms with Crippen molar-refractivity contribution in [3.63, 3.8) is 0 Å². The zero-order chi connectivity index (χ0) is 15.6. The van der Waals surface area contributed by atoms with Crippen LogP contribution in [0.4, 0.5) is 8.78 Å². The number of benzene rings is 1. The minimum atomic E-state index is -0.894. The highest BCUT2D eigenvalue weighted by atomic mass is 19.1. The van der Waals surface area contributed by atoms with E-state index < -0.39 is 23.0 Å². The lowest BCUT2D eigenvalue weighted by Gasteiger charge is -2.10. The number of halogens is 2. The predicted molar refractivity (Wildman–Crippen MR) is 73.6 cm³/mol. The number of hydrogen-bond donors (Lipinski definition) is 0. The van der Waals surface area contributed by atoms with Gasteiger partial charge in [0.25, 0.3) is 0 Å². The van der Waals surface area contributed by atoms with Crippen LogP contribution in [0.5, 0.6) is 5.75 Å². The minimum Gasteiger partial charge on any atom is -0.493 e. The zero-order valence-corrected chi connectivity index (χ0v) is 12.1. The monoisotopic (exact) mass is 294 g/mol. The Morgan fingerprint density at radius 3 is 2.71 bits per heavy atom. The van der Waals surface area contributed by atoms with Gasteiger partial charge in [0.2, 0.25) is 5.78 Å². The second kappa shape index (κ2) is 6.03. The van der Waals surface area contributed by atoms with Crippen LogP contribution in [0.25, 0.3) is 0 Å². The topological polar surface area (TPSA) is 44.1 Å². The summed E-state index contributed by atoms with van der Waals surface area (Å²) in [6.07, 6.45) is 2.10. The van der Waals surface area contributed by atoms with E-state index in [0.29, 0.717) is 6.54 Å². The maximum atomic E-state index is 14.1. The van der Waals surface area contributed by atoms with E-state index in [1.54, 1.807) is 0 Å². The second-order valence-corrected chi connectivity index (χ2v) is 4.67. The van der Waals surface area contributed by atoms with Gasteiger partial charge in [0.1, 0.15) is 11.6 Å². The highest BCUT2D eigenvalue weighted by molar-refractivity contribution is 6.10.